The van der Waals surface area contributed by atoms with Crippen LogP contribution in [-0.2, 0) is 6.42 Å². The maximum Gasteiger partial charge on any atom is 0.0436 e. The fraction of sp³-hybridized carbons (Fsp3) is 0.667. The van der Waals surface area contributed by atoms with Crippen LogP contribution >= 0.6 is 0 Å². The minimum absolute atomic E-state index is 0.195. The molecule has 0 aliphatic rings. The van der Waals surface area contributed by atoms with Gasteiger partial charge in [0.05, 0.1) is 0 Å². The summed E-state index contributed by atoms with van der Waals surface area (Å²) in [6.07, 6.45) is 22.9. The van der Waals surface area contributed by atoms with Crippen LogP contribution in [0.5, 0.6) is 0 Å². The van der Waals surface area contributed by atoms with E-state index >= 15 is 0 Å². The molecule has 2 aromatic carbocycles. The van der Waals surface area contributed by atoms with Crippen LogP contribution in [0.4, 0.5) is 0 Å². The van der Waals surface area contributed by atoms with Crippen LogP contribution in [-0.4, -0.2) is 23.4 Å². The Bertz CT molecular complexity index is 750. The fourth-order valence-corrected chi connectivity index (χ4v) is 5.57. The van der Waals surface area contributed by atoms with Crippen molar-refractivity contribution in [3.8, 4) is 0 Å². The van der Waals surface area contributed by atoms with Gasteiger partial charge in [0.2, 0.25) is 0 Å². The van der Waals surface area contributed by atoms with Gasteiger partial charge in [-0.3, -0.25) is 0 Å². The molecular formula is C33H53O2. The molecule has 0 aliphatic heterocycles. The van der Waals surface area contributed by atoms with E-state index in [0.29, 0.717) is 5.92 Å². The average Bonchev–Trinajstić information content (AvgIpc) is 2.88. The van der Waals surface area contributed by atoms with Gasteiger partial charge in [-0.1, -0.05) is 139 Å². The average molecular weight is 482 g/mol. The van der Waals surface area contributed by atoms with Crippen molar-refractivity contribution in [2.75, 3.05) is 13.2 Å². The zero-order chi connectivity index (χ0) is 25.0. The molecule has 0 fully saturated rings. The van der Waals surface area contributed by atoms with Gasteiger partial charge in [-0.05, 0) is 53.9 Å². The van der Waals surface area contributed by atoms with Crippen LogP contribution in [0.25, 0.3) is 10.8 Å². The summed E-state index contributed by atoms with van der Waals surface area (Å²) < 4.78 is 0. The summed E-state index contributed by atoms with van der Waals surface area (Å²) in [5.74, 6) is 1.82. The molecule has 1 radical (unpaired) electrons. The lowest BCUT2D eigenvalue weighted by Gasteiger charge is -2.26. The number of fused-ring (bicyclic) bond motifs is 1. The van der Waals surface area contributed by atoms with E-state index in [-0.39, 0.29) is 13.2 Å². The summed E-state index contributed by atoms with van der Waals surface area (Å²) in [6.45, 7) is 2.71. The normalized spacial score (nSPS) is 12.6. The minimum Gasteiger partial charge on any atom is -0.396 e. The highest BCUT2D eigenvalue weighted by Gasteiger charge is 2.22. The molecule has 0 heterocycles. The predicted octanol–water partition coefficient (Wildman–Crippen LogP) is 9.21. The van der Waals surface area contributed by atoms with E-state index in [1.807, 2.05) is 0 Å². The van der Waals surface area contributed by atoms with Crippen LogP contribution in [0.2, 0.25) is 0 Å². The van der Waals surface area contributed by atoms with E-state index in [4.69, 9.17) is 0 Å². The summed E-state index contributed by atoms with van der Waals surface area (Å²) >= 11 is 0. The standard InChI is InChI=1S/C33H53O2/c1-2-3-4-5-6-7-8-9-10-11-12-13-14-15-19-29(24-26-34)31(25-27-35)28-32-22-18-21-30-20-16-17-23-33(30)32/h16-18,20-23,29,34-35H,2-15,19,24-28H2,1H3. The van der Waals surface area contributed by atoms with Crippen molar-refractivity contribution in [2.45, 2.75) is 122 Å². The van der Waals surface area contributed by atoms with Gasteiger partial charge in [-0.25, -0.2) is 0 Å². The quantitative estimate of drug-likeness (QED) is 0.165. The van der Waals surface area contributed by atoms with Crippen molar-refractivity contribution in [1.82, 2.24) is 0 Å². The van der Waals surface area contributed by atoms with Gasteiger partial charge in [0.15, 0.2) is 0 Å². The number of aliphatic hydroxyl groups is 2. The summed E-state index contributed by atoms with van der Waals surface area (Å²) in [5.41, 5.74) is 1.34. The monoisotopic (exact) mass is 481 g/mol. The summed E-state index contributed by atoms with van der Waals surface area (Å²) in [4.78, 5) is 0. The molecule has 0 saturated heterocycles. The second-order valence-corrected chi connectivity index (χ2v) is 10.5. The number of unbranched alkanes of at least 4 members (excludes halogenated alkanes) is 13. The molecule has 2 rings (SSSR count). The SMILES string of the molecule is CCCCCCCCCCCCCCCCC(CCO)[C](CCO)Cc1cccc2ccccc12. The topological polar surface area (TPSA) is 40.5 Å². The van der Waals surface area contributed by atoms with Crippen LogP contribution in [0.1, 0.15) is 122 Å². The summed E-state index contributed by atoms with van der Waals surface area (Å²) in [7, 11) is 0. The van der Waals surface area contributed by atoms with E-state index in [2.05, 4.69) is 49.4 Å². The van der Waals surface area contributed by atoms with Crippen molar-refractivity contribution in [3.05, 3.63) is 53.9 Å². The summed E-state index contributed by atoms with van der Waals surface area (Å²) in [5, 5.41) is 22.1. The van der Waals surface area contributed by atoms with E-state index in [0.717, 1.165) is 25.7 Å². The van der Waals surface area contributed by atoms with E-state index in [9.17, 15) is 10.2 Å². The molecule has 1 unspecified atom stereocenters. The maximum absolute atomic E-state index is 9.76. The third kappa shape index (κ3) is 12.4. The van der Waals surface area contributed by atoms with Gasteiger partial charge < -0.3 is 10.2 Å². The lowest BCUT2D eigenvalue weighted by Crippen LogP contribution is -2.18. The number of benzene rings is 2. The number of hydrogen-bond acceptors (Lipinski definition) is 2. The summed E-state index contributed by atoms with van der Waals surface area (Å²) in [6, 6.07) is 15.1. The van der Waals surface area contributed by atoms with Gasteiger partial charge in [0, 0.05) is 13.2 Å². The van der Waals surface area contributed by atoms with Crippen molar-refractivity contribution >= 4 is 10.8 Å². The lowest BCUT2D eigenvalue weighted by atomic mass is 9.79. The molecule has 2 aromatic rings. The first-order valence-electron chi connectivity index (χ1n) is 14.8. The highest BCUT2D eigenvalue weighted by Crippen LogP contribution is 2.32. The van der Waals surface area contributed by atoms with E-state index < -0.39 is 0 Å². The third-order valence-electron chi connectivity index (χ3n) is 7.69. The molecular weight excluding hydrogens is 428 g/mol. The molecule has 0 bridgehead atoms. The fourth-order valence-electron chi connectivity index (χ4n) is 5.57. The Balaban J connectivity index is 1.66. The number of rotatable bonds is 22. The molecule has 2 heteroatoms. The molecule has 1 atom stereocenters. The van der Waals surface area contributed by atoms with Gasteiger partial charge in [0.1, 0.15) is 0 Å². The number of hydrogen-bond donors (Lipinski definition) is 2. The first-order chi connectivity index (χ1) is 17.3. The first kappa shape index (κ1) is 29.8. The molecule has 0 aromatic heterocycles. The van der Waals surface area contributed by atoms with Crippen LogP contribution < -0.4 is 0 Å². The van der Waals surface area contributed by atoms with Crippen molar-refractivity contribution in [1.29, 1.82) is 0 Å². The van der Waals surface area contributed by atoms with Crippen molar-refractivity contribution in [2.24, 2.45) is 5.92 Å². The molecule has 0 saturated carbocycles. The lowest BCUT2D eigenvalue weighted by molar-refractivity contribution is 0.235. The van der Waals surface area contributed by atoms with Crippen LogP contribution in [0.3, 0.4) is 0 Å². The second-order valence-electron chi connectivity index (χ2n) is 10.5. The van der Waals surface area contributed by atoms with Gasteiger partial charge >= 0.3 is 0 Å². The van der Waals surface area contributed by atoms with E-state index in [1.54, 1.807) is 0 Å². The Labute approximate surface area is 216 Å². The highest BCUT2D eigenvalue weighted by molar-refractivity contribution is 5.85. The molecule has 0 amide bonds. The van der Waals surface area contributed by atoms with Crippen molar-refractivity contribution < 1.29 is 10.2 Å². The zero-order valence-electron chi connectivity index (χ0n) is 22.7. The smallest absolute Gasteiger partial charge is 0.0436 e. The first-order valence-corrected chi connectivity index (χ1v) is 14.8. The number of aliphatic hydroxyl groups excluding tert-OH is 2. The molecule has 2 nitrogen and oxygen atoms in total. The molecule has 197 valence electrons. The second kappa shape index (κ2) is 19.8. The van der Waals surface area contributed by atoms with Crippen LogP contribution in [0, 0.1) is 11.8 Å². The van der Waals surface area contributed by atoms with Gasteiger partial charge in [0.25, 0.3) is 0 Å². The Morgan fingerprint density at radius 1 is 0.629 bits per heavy atom. The van der Waals surface area contributed by atoms with E-state index in [1.165, 1.54) is 112 Å². The molecule has 0 aliphatic carbocycles. The Kier molecular flexibility index (Phi) is 16.9. The molecule has 35 heavy (non-hydrogen) atoms. The van der Waals surface area contributed by atoms with Gasteiger partial charge in [-0.15, -0.1) is 0 Å². The molecule has 2 N–H and O–H groups in total. The maximum atomic E-state index is 9.76. The third-order valence-corrected chi connectivity index (χ3v) is 7.69. The van der Waals surface area contributed by atoms with Gasteiger partial charge in [-0.2, -0.15) is 0 Å². The van der Waals surface area contributed by atoms with Crippen molar-refractivity contribution in [3.63, 3.8) is 0 Å². The highest BCUT2D eigenvalue weighted by atomic mass is 16.3. The Hall–Kier alpha value is -1.38. The predicted molar refractivity (Wildman–Crippen MR) is 153 cm³/mol. The largest absolute Gasteiger partial charge is 0.396 e. The zero-order valence-corrected chi connectivity index (χ0v) is 22.7. The Morgan fingerprint density at radius 2 is 1.20 bits per heavy atom. The van der Waals surface area contributed by atoms with Crippen LogP contribution in [0.15, 0.2) is 42.5 Å². The minimum atomic E-state index is 0.195. The molecule has 0 spiro atoms. The Morgan fingerprint density at radius 3 is 1.80 bits per heavy atom.